The van der Waals surface area contributed by atoms with Crippen LogP contribution in [0, 0.1) is 0 Å². The Hall–Kier alpha value is -0.520. The van der Waals surface area contributed by atoms with E-state index in [1.54, 1.807) is 0 Å². The molecule has 2 rings (SSSR count). The van der Waals surface area contributed by atoms with Crippen LogP contribution in [0.25, 0.3) is 0 Å². The van der Waals surface area contributed by atoms with Gasteiger partial charge in [0.05, 0.1) is 33.4 Å². The van der Waals surface area contributed by atoms with Gasteiger partial charge in [0.15, 0.2) is 0 Å². The Balaban J connectivity index is 1.97. The van der Waals surface area contributed by atoms with Crippen LogP contribution in [-0.2, 0) is 4.79 Å². The van der Waals surface area contributed by atoms with Crippen LogP contribution in [0.1, 0.15) is 6.42 Å². The van der Waals surface area contributed by atoms with E-state index in [0.717, 1.165) is 0 Å². The SMILES string of the molecule is O=C(CN1CC[C@@H](O)C1)Nc1cc(Cl)c(Cl)cc1Cl. The predicted octanol–water partition coefficient (Wildman–Crippen LogP) is 2.65. The van der Waals surface area contributed by atoms with Gasteiger partial charge < -0.3 is 10.4 Å². The molecule has 7 heteroatoms. The fraction of sp³-hybridized carbons (Fsp3) is 0.417. The minimum Gasteiger partial charge on any atom is -0.392 e. The van der Waals surface area contributed by atoms with Crippen LogP contribution >= 0.6 is 34.8 Å². The van der Waals surface area contributed by atoms with Crippen molar-refractivity contribution >= 4 is 46.4 Å². The van der Waals surface area contributed by atoms with Gasteiger partial charge in [-0.2, -0.15) is 0 Å². The number of β-amino-alcohol motifs (C(OH)–C–C–N with tert-alkyl or cyclic N) is 1. The first-order valence-corrected chi connectivity index (χ1v) is 6.94. The summed E-state index contributed by atoms with van der Waals surface area (Å²) in [7, 11) is 0. The van der Waals surface area contributed by atoms with E-state index in [4.69, 9.17) is 34.8 Å². The van der Waals surface area contributed by atoms with Gasteiger partial charge in [-0.15, -0.1) is 0 Å². The number of carbonyl (C=O) groups is 1. The molecule has 0 aromatic heterocycles. The average molecular weight is 324 g/mol. The Kier molecular flexibility index (Phi) is 4.92. The smallest absolute Gasteiger partial charge is 0.238 e. The highest BCUT2D eigenvalue weighted by molar-refractivity contribution is 6.44. The zero-order valence-electron chi connectivity index (χ0n) is 10.00. The summed E-state index contributed by atoms with van der Waals surface area (Å²) in [4.78, 5) is 13.7. The molecule has 4 nitrogen and oxygen atoms in total. The largest absolute Gasteiger partial charge is 0.392 e. The van der Waals surface area contributed by atoms with Crippen molar-refractivity contribution < 1.29 is 9.90 Å². The number of benzene rings is 1. The molecule has 1 amide bonds. The lowest BCUT2D eigenvalue weighted by molar-refractivity contribution is -0.117. The first-order chi connectivity index (χ1) is 8.95. The molecule has 104 valence electrons. The summed E-state index contributed by atoms with van der Waals surface area (Å²) >= 11 is 17.7. The molecule has 1 aliphatic heterocycles. The van der Waals surface area contributed by atoms with Crippen molar-refractivity contribution in [3.63, 3.8) is 0 Å². The van der Waals surface area contributed by atoms with Crippen molar-refractivity contribution in [2.75, 3.05) is 25.0 Å². The van der Waals surface area contributed by atoms with Gasteiger partial charge in [0.25, 0.3) is 0 Å². The number of carbonyl (C=O) groups excluding carboxylic acids is 1. The van der Waals surface area contributed by atoms with E-state index in [0.29, 0.717) is 40.3 Å². The highest BCUT2D eigenvalue weighted by atomic mass is 35.5. The van der Waals surface area contributed by atoms with E-state index in [1.807, 2.05) is 4.90 Å². The van der Waals surface area contributed by atoms with Crippen LogP contribution in [0.4, 0.5) is 5.69 Å². The Morgan fingerprint density at radius 1 is 1.32 bits per heavy atom. The molecule has 1 aliphatic rings. The number of likely N-dealkylation sites (tertiary alicyclic amines) is 1. The minimum absolute atomic E-state index is 0.200. The number of amides is 1. The van der Waals surface area contributed by atoms with Gasteiger partial charge in [-0.05, 0) is 18.6 Å². The molecule has 1 heterocycles. The van der Waals surface area contributed by atoms with Crippen molar-refractivity contribution in [3.8, 4) is 0 Å². The molecule has 2 N–H and O–H groups in total. The molecule has 1 fully saturated rings. The minimum atomic E-state index is -0.346. The summed E-state index contributed by atoms with van der Waals surface area (Å²) in [5, 5.41) is 13.1. The quantitative estimate of drug-likeness (QED) is 0.841. The van der Waals surface area contributed by atoms with E-state index in [-0.39, 0.29) is 18.6 Å². The maximum absolute atomic E-state index is 11.9. The van der Waals surface area contributed by atoms with Gasteiger partial charge >= 0.3 is 0 Å². The second kappa shape index (κ2) is 6.29. The van der Waals surface area contributed by atoms with Crippen LogP contribution in [0.5, 0.6) is 0 Å². The maximum atomic E-state index is 11.9. The molecule has 1 saturated heterocycles. The maximum Gasteiger partial charge on any atom is 0.238 e. The summed E-state index contributed by atoms with van der Waals surface area (Å²) in [5.74, 6) is -0.200. The second-order valence-corrected chi connectivity index (χ2v) is 5.69. The lowest BCUT2D eigenvalue weighted by Crippen LogP contribution is -2.32. The number of nitrogens with one attached hydrogen (secondary N) is 1. The summed E-state index contributed by atoms with van der Waals surface area (Å²) in [6.07, 6.45) is 0.349. The molecule has 1 aromatic carbocycles. The van der Waals surface area contributed by atoms with Crippen molar-refractivity contribution in [2.24, 2.45) is 0 Å². The second-order valence-electron chi connectivity index (χ2n) is 4.47. The molecule has 1 aromatic rings. The number of anilines is 1. The van der Waals surface area contributed by atoms with E-state index in [1.165, 1.54) is 12.1 Å². The fourth-order valence-electron chi connectivity index (χ4n) is 1.97. The molecule has 0 radical (unpaired) electrons. The summed E-state index contributed by atoms with van der Waals surface area (Å²) in [6.45, 7) is 1.44. The number of nitrogens with zero attached hydrogens (tertiary/aromatic N) is 1. The topological polar surface area (TPSA) is 52.6 Å². The van der Waals surface area contributed by atoms with Crippen LogP contribution < -0.4 is 5.32 Å². The van der Waals surface area contributed by atoms with Crippen molar-refractivity contribution in [1.29, 1.82) is 0 Å². The molecular weight excluding hydrogens is 311 g/mol. The predicted molar refractivity (Wildman–Crippen MR) is 77.2 cm³/mol. The number of hydrogen-bond acceptors (Lipinski definition) is 3. The van der Waals surface area contributed by atoms with E-state index < -0.39 is 0 Å². The highest BCUT2D eigenvalue weighted by Gasteiger charge is 2.22. The molecule has 0 bridgehead atoms. The Morgan fingerprint density at radius 3 is 2.63 bits per heavy atom. The fourth-order valence-corrected chi connectivity index (χ4v) is 2.56. The van der Waals surface area contributed by atoms with Crippen LogP contribution in [-0.4, -0.2) is 41.7 Å². The Morgan fingerprint density at radius 2 is 2.00 bits per heavy atom. The van der Waals surface area contributed by atoms with E-state index in [9.17, 15) is 9.90 Å². The van der Waals surface area contributed by atoms with Crippen molar-refractivity contribution in [1.82, 2.24) is 4.90 Å². The van der Waals surface area contributed by atoms with Crippen LogP contribution in [0.2, 0.25) is 15.1 Å². The van der Waals surface area contributed by atoms with Gasteiger partial charge in [-0.3, -0.25) is 9.69 Å². The van der Waals surface area contributed by atoms with Gasteiger partial charge in [0.1, 0.15) is 0 Å². The zero-order chi connectivity index (χ0) is 14.0. The number of hydrogen-bond donors (Lipinski definition) is 2. The third-order valence-electron chi connectivity index (χ3n) is 2.90. The normalized spacial score (nSPS) is 19.7. The zero-order valence-corrected chi connectivity index (χ0v) is 12.3. The van der Waals surface area contributed by atoms with Gasteiger partial charge in [0.2, 0.25) is 5.91 Å². The first kappa shape index (κ1) is 14.9. The lowest BCUT2D eigenvalue weighted by Gasteiger charge is -2.15. The van der Waals surface area contributed by atoms with Crippen LogP contribution in [0.3, 0.4) is 0 Å². The van der Waals surface area contributed by atoms with Gasteiger partial charge in [-0.1, -0.05) is 34.8 Å². The number of aliphatic hydroxyl groups is 1. The summed E-state index contributed by atoms with van der Waals surface area (Å²) in [5.41, 5.74) is 0.431. The lowest BCUT2D eigenvalue weighted by atomic mass is 10.3. The standard InChI is InChI=1S/C12H13Cl3N2O2/c13-8-3-10(15)11(4-9(8)14)16-12(19)6-17-2-1-7(18)5-17/h3-4,7,18H,1-2,5-6H2,(H,16,19)/t7-/m1/s1. The van der Waals surface area contributed by atoms with Gasteiger partial charge in [0, 0.05) is 13.1 Å². The molecular formula is C12H13Cl3N2O2. The Bertz CT molecular complexity index is 496. The van der Waals surface area contributed by atoms with E-state index in [2.05, 4.69) is 5.32 Å². The summed E-state index contributed by atoms with van der Waals surface area (Å²) in [6, 6.07) is 3.00. The molecule has 0 aliphatic carbocycles. The molecule has 1 atom stereocenters. The van der Waals surface area contributed by atoms with Crippen LogP contribution in [0.15, 0.2) is 12.1 Å². The molecule has 19 heavy (non-hydrogen) atoms. The monoisotopic (exact) mass is 322 g/mol. The van der Waals surface area contributed by atoms with Gasteiger partial charge in [-0.25, -0.2) is 0 Å². The number of aliphatic hydroxyl groups excluding tert-OH is 1. The summed E-state index contributed by atoms with van der Waals surface area (Å²) < 4.78 is 0. The number of rotatable bonds is 3. The molecule has 0 spiro atoms. The average Bonchev–Trinajstić information content (AvgIpc) is 2.71. The van der Waals surface area contributed by atoms with Crippen molar-refractivity contribution in [3.05, 3.63) is 27.2 Å². The third kappa shape index (κ3) is 3.97. The van der Waals surface area contributed by atoms with E-state index >= 15 is 0 Å². The Labute approximate surface area is 126 Å². The molecule has 0 unspecified atom stereocenters. The number of halogens is 3. The van der Waals surface area contributed by atoms with Crippen molar-refractivity contribution in [2.45, 2.75) is 12.5 Å². The third-order valence-corrected chi connectivity index (χ3v) is 3.93. The molecule has 0 saturated carbocycles. The first-order valence-electron chi connectivity index (χ1n) is 5.80. The highest BCUT2D eigenvalue weighted by Crippen LogP contribution is 2.32.